The van der Waals surface area contributed by atoms with Crippen LogP contribution in [-0.4, -0.2) is 38.8 Å². The van der Waals surface area contributed by atoms with E-state index in [0.29, 0.717) is 18.2 Å². The zero-order chi connectivity index (χ0) is 17.8. The Morgan fingerprint density at radius 1 is 1.24 bits per heavy atom. The van der Waals surface area contributed by atoms with Crippen molar-refractivity contribution in [2.75, 3.05) is 13.1 Å². The molecule has 2 aromatic rings. The zero-order valence-corrected chi connectivity index (χ0v) is 15.0. The molecule has 3 heterocycles. The first-order valence-corrected chi connectivity index (χ1v) is 8.75. The average Bonchev–Trinajstić information content (AvgIpc) is 2.63. The van der Waals surface area contributed by atoms with Gasteiger partial charge in [-0.25, -0.2) is 4.98 Å². The number of piperidine rings is 1. The summed E-state index contributed by atoms with van der Waals surface area (Å²) in [6.45, 7) is 7.25. The number of carbonyl (C=O) groups excluding carboxylic acids is 1. The van der Waals surface area contributed by atoms with E-state index >= 15 is 0 Å². The lowest BCUT2D eigenvalue weighted by molar-refractivity contribution is -0.135. The molecule has 1 fully saturated rings. The Balaban J connectivity index is 1.83. The maximum Gasteiger partial charge on any atom is 0.241 e. The fourth-order valence-corrected chi connectivity index (χ4v) is 3.14. The molecule has 1 aliphatic rings. The van der Waals surface area contributed by atoms with Crippen LogP contribution in [0.3, 0.4) is 0 Å². The third kappa shape index (κ3) is 3.95. The largest absolute Gasteiger partial charge is 0.435 e. The number of hydrogen-bond acceptors (Lipinski definition) is 5. The number of pyridine rings is 1. The summed E-state index contributed by atoms with van der Waals surface area (Å²) in [4.78, 5) is 27.4. The molecule has 3 rings (SSSR count). The Kier molecular flexibility index (Phi) is 5.26. The second-order valence-corrected chi connectivity index (χ2v) is 6.71. The van der Waals surface area contributed by atoms with E-state index in [4.69, 9.17) is 4.74 Å². The van der Waals surface area contributed by atoms with Gasteiger partial charge in [-0.05, 0) is 31.9 Å². The lowest BCUT2D eigenvalue weighted by Crippen LogP contribution is -2.41. The van der Waals surface area contributed by atoms with Gasteiger partial charge in [0.2, 0.25) is 11.8 Å². The summed E-state index contributed by atoms with van der Waals surface area (Å²) < 4.78 is 6.00. The van der Waals surface area contributed by atoms with Gasteiger partial charge in [0.05, 0.1) is 5.69 Å². The van der Waals surface area contributed by atoms with E-state index in [1.165, 1.54) is 0 Å². The molecule has 6 heteroatoms. The molecule has 0 saturated carbocycles. The molecule has 132 valence electrons. The molecular formula is C19H24N4O2. The topological polar surface area (TPSA) is 68.2 Å². The minimum absolute atomic E-state index is 0.00868. The Bertz CT molecular complexity index is 748. The number of amides is 1. The lowest BCUT2D eigenvalue weighted by atomic mass is 9.94. The van der Waals surface area contributed by atoms with Crippen LogP contribution in [-0.2, 0) is 4.79 Å². The van der Waals surface area contributed by atoms with Gasteiger partial charge in [0, 0.05) is 43.5 Å². The summed E-state index contributed by atoms with van der Waals surface area (Å²) >= 11 is 0. The van der Waals surface area contributed by atoms with E-state index in [2.05, 4.69) is 15.0 Å². The van der Waals surface area contributed by atoms with Crippen molar-refractivity contribution in [1.29, 1.82) is 0 Å². The number of ether oxygens (including phenoxy) is 1. The molecular weight excluding hydrogens is 316 g/mol. The van der Waals surface area contributed by atoms with Crippen molar-refractivity contribution in [3.8, 4) is 11.6 Å². The van der Waals surface area contributed by atoms with Crippen LogP contribution >= 0.6 is 0 Å². The molecule has 0 N–H and O–H groups in total. The summed E-state index contributed by atoms with van der Waals surface area (Å²) in [6, 6.07) is 3.71. The predicted molar refractivity (Wildman–Crippen MR) is 94.5 cm³/mol. The first kappa shape index (κ1) is 17.3. The fraction of sp³-hybridized carbons (Fsp3) is 0.474. The van der Waals surface area contributed by atoms with E-state index in [9.17, 15) is 4.79 Å². The van der Waals surface area contributed by atoms with Gasteiger partial charge >= 0.3 is 0 Å². The number of hydrogen-bond donors (Lipinski definition) is 0. The Hall–Kier alpha value is -2.50. The van der Waals surface area contributed by atoms with Crippen LogP contribution in [0.2, 0.25) is 0 Å². The molecule has 1 saturated heterocycles. The standard InChI is InChI=1S/C19H24N4O2/c1-13(2)19(24)23-11-5-6-15(12-23)17-18(22-10-9-21-17)25-16-7-4-8-20-14(16)3/h4,7-10,13,15H,5-6,11-12H2,1-3H3. The summed E-state index contributed by atoms with van der Waals surface area (Å²) in [6.07, 6.45) is 6.98. The van der Waals surface area contributed by atoms with Gasteiger partial charge in [-0.1, -0.05) is 13.8 Å². The van der Waals surface area contributed by atoms with Crippen LogP contribution in [0.5, 0.6) is 11.6 Å². The Morgan fingerprint density at radius 2 is 2.04 bits per heavy atom. The lowest BCUT2D eigenvalue weighted by Gasteiger charge is -2.33. The van der Waals surface area contributed by atoms with Gasteiger partial charge < -0.3 is 9.64 Å². The highest BCUT2D eigenvalue weighted by atomic mass is 16.5. The Morgan fingerprint density at radius 3 is 2.80 bits per heavy atom. The number of likely N-dealkylation sites (tertiary alicyclic amines) is 1. The quantitative estimate of drug-likeness (QED) is 0.854. The van der Waals surface area contributed by atoms with Crippen LogP contribution in [0.1, 0.15) is 44.0 Å². The highest BCUT2D eigenvalue weighted by Crippen LogP contribution is 2.33. The molecule has 2 aromatic heterocycles. The molecule has 0 aliphatic carbocycles. The predicted octanol–water partition coefficient (Wildman–Crippen LogP) is 3.33. The molecule has 1 unspecified atom stereocenters. The average molecular weight is 340 g/mol. The SMILES string of the molecule is Cc1ncccc1Oc1nccnc1C1CCCN(C(=O)C(C)C)C1. The third-order valence-corrected chi connectivity index (χ3v) is 4.47. The molecule has 0 bridgehead atoms. The second kappa shape index (κ2) is 7.59. The van der Waals surface area contributed by atoms with E-state index in [1.807, 2.05) is 37.8 Å². The molecule has 1 amide bonds. The normalized spacial score (nSPS) is 17.6. The van der Waals surface area contributed by atoms with Gasteiger partial charge in [0.25, 0.3) is 0 Å². The van der Waals surface area contributed by atoms with Gasteiger partial charge in [0.15, 0.2) is 5.75 Å². The molecule has 0 radical (unpaired) electrons. The van der Waals surface area contributed by atoms with Crippen LogP contribution in [0.4, 0.5) is 0 Å². The summed E-state index contributed by atoms with van der Waals surface area (Å²) in [7, 11) is 0. The number of aryl methyl sites for hydroxylation is 1. The number of nitrogens with zero attached hydrogens (tertiary/aromatic N) is 4. The maximum atomic E-state index is 12.3. The van der Waals surface area contributed by atoms with Crippen molar-refractivity contribution in [3.63, 3.8) is 0 Å². The van der Waals surface area contributed by atoms with Crippen LogP contribution in [0.25, 0.3) is 0 Å². The minimum atomic E-state index is 0.00868. The summed E-state index contributed by atoms with van der Waals surface area (Å²) in [5.41, 5.74) is 1.62. The third-order valence-electron chi connectivity index (χ3n) is 4.47. The molecule has 0 aromatic carbocycles. The maximum absolute atomic E-state index is 12.3. The van der Waals surface area contributed by atoms with E-state index in [-0.39, 0.29) is 17.7 Å². The van der Waals surface area contributed by atoms with Gasteiger partial charge in [0.1, 0.15) is 5.69 Å². The van der Waals surface area contributed by atoms with Gasteiger partial charge in [-0.3, -0.25) is 14.8 Å². The molecule has 6 nitrogen and oxygen atoms in total. The monoisotopic (exact) mass is 340 g/mol. The Labute approximate surface area is 148 Å². The molecule has 1 aliphatic heterocycles. The van der Waals surface area contributed by atoms with E-state index in [0.717, 1.165) is 30.8 Å². The number of rotatable bonds is 4. The summed E-state index contributed by atoms with van der Waals surface area (Å²) in [5.74, 6) is 1.52. The first-order valence-electron chi connectivity index (χ1n) is 8.75. The van der Waals surface area contributed by atoms with Gasteiger partial charge in [-0.15, -0.1) is 0 Å². The second-order valence-electron chi connectivity index (χ2n) is 6.71. The van der Waals surface area contributed by atoms with Crippen molar-refractivity contribution in [1.82, 2.24) is 19.9 Å². The smallest absolute Gasteiger partial charge is 0.241 e. The molecule has 25 heavy (non-hydrogen) atoms. The van der Waals surface area contributed by atoms with Crippen molar-refractivity contribution in [3.05, 3.63) is 42.1 Å². The fourth-order valence-electron chi connectivity index (χ4n) is 3.14. The van der Waals surface area contributed by atoms with Gasteiger partial charge in [-0.2, -0.15) is 0 Å². The zero-order valence-electron chi connectivity index (χ0n) is 15.0. The number of carbonyl (C=O) groups is 1. The highest BCUT2D eigenvalue weighted by Gasteiger charge is 2.29. The van der Waals surface area contributed by atoms with E-state index < -0.39 is 0 Å². The van der Waals surface area contributed by atoms with Crippen molar-refractivity contribution < 1.29 is 9.53 Å². The minimum Gasteiger partial charge on any atom is -0.435 e. The van der Waals surface area contributed by atoms with Crippen LogP contribution in [0.15, 0.2) is 30.7 Å². The van der Waals surface area contributed by atoms with E-state index in [1.54, 1.807) is 18.6 Å². The van der Waals surface area contributed by atoms with Crippen molar-refractivity contribution in [2.45, 2.75) is 39.5 Å². The van der Waals surface area contributed by atoms with Crippen molar-refractivity contribution in [2.24, 2.45) is 5.92 Å². The number of aromatic nitrogens is 3. The van der Waals surface area contributed by atoms with Crippen molar-refractivity contribution >= 4 is 5.91 Å². The summed E-state index contributed by atoms with van der Waals surface area (Å²) in [5, 5.41) is 0. The molecule has 0 spiro atoms. The molecule has 1 atom stereocenters. The highest BCUT2D eigenvalue weighted by molar-refractivity contribution is 5.78. The van der Waals surface area contributed by atoms with Crippen LogP contribution in [0, 0.1) is 12.8 Å². The first-order chi connectivity index (χ1) is 12.1. The van der Waals surface area contributed by atoms with Crippen LogP contribution < -0.4 is 4.74 Å².